The Kier molecular flexibility index (Phi) is 15.8. The Morgan fingerprint density at radius 2 is 1.83 bits per heavy atom. The number of hydrogen-bond acceptors (Lipinski definition) is 3. The van der Waals surface area contributed by atoms with Crippen molar-refractivity contribution in [1.82, 2.24) is 10.2 Å². The zero-order valence-corrected chi connectivity index (χ0v) is 19.4. The van der Waals surface area contributed by atoms with Crippen LogP contribution in [0.3, 0.4) is 0 Å². The van der Waals surface area contributed by atoms with Crippen LogP contribution in [-0.4, -0.2) is 44.0 Å². The third-order valence-electron chi connectivity index (χ3n) is 3.59. The minimum absolute atomic E-state index is 0. The summed E-state index contributed by atoms with van der Waals surface area (Å²) in [7, 11) is 4.30. The molecule has 2 heterocycles. The van der Waals surface area contributed by atoms with E-state index in [1.807, 2.05) is 27.7 Å². The van der Waals surface area contributed by atoms with E-state index in [2.05, 4.69) is 55.3 Å². The van der Waals surface area contributed by atoms with Crippen LogP contribution in [0.5, 0.6) is 0 Å². The van der Waals surface area contributed by atoms with Gasteiger partial charge in [-0.25, -0.2) is 0 Å². The van der Waals surface area contributed by atoms with Crippen LogP contribution in [-0.2, 0) is 32.7 Å². The molecular weight excluding hydrogens is 359 g/mol. The summed E-state index contributed by atoms with van der Waals surface area (Å²) in [6.07, 6.45) is 6.90. The first kappa shape index (κ1) is 25.3. The minimum atomic E-state index is 0. The predicted molar refractivity (Wildman–Crippen MR) is 101 cm³/mol. The first-order chi connectivity index (χ1) is 10.6. The quantitative estimate of drug-likeness (QED) is 0.706. The fraction of sp³-hybridized carbons (Fsp3) is 0.737. The molecule has 0 bridgehead atoms. The second kappa shape index (κ2) is 14.4. The minimum Gasteiger partial charge on any atom is -0.364 e. The molecule has 0 spiro atoms. The molecule has 2 aliphatic rings. The number of fused-ring (bicyclic) bond motifs is 1. The van der Waals surface area contributed by atoms with E-state index >= 15 is 0 Å². The van der Waals surface area contributed by atoms with Gasteiger partial charge in [-0.3, -0.25) is 4.99 Å². The molecule has 0 aromatic carbocycles. The monoisotopic (exact) mass is 396 g/mol. The van der Waals surface area contributed by atoms with E-state index in [4.69, 9.17) is 0 Å². The van der Waals surface area contributed by atoms with Gasteiger partial charge in [-0.15, -0.1) is 0 Å². The summed E-state index contributed by atoms with van der Waals surface area (Å²) in [5.74, 6) is 1.75. The van der Waals surface area contributed by atoms with Crippen LogP contribution < -0.4 is 5.32 Å². The Balaban J connectivity index is 0. The van der Waals surface area contributed by atoms with Crippen molar-refractivity contribution in [2.45, 2.75) is 60.4 Å². The van der Waals surface area contributed by atoms with Gasteiger partial charge in [0, 0.05) is 57.8 Å². The zero-order chi connectivity index (χ0) is 17.1. The van der Waals surface area contributed by atoms with Crippen molar-refractivity contribution >= 4 is 5.84 Å². The van der Waals surface area contributed by atoms with Crippen molar-refractivity contribution in [1.29, 1.82) is 0 Å². The van der Waals surface area contributed by atoms with Crippen molar-refractivity contribution in [3.63, 3.8) is 0 Å². The Morgan fingerprint density at radius 1 is 1.22 bits per heavy atom. The maximum atomic E-state index is 4.68. The van der Waals surface area contributed by atoms with Crippen LogP contribution in [0, 0.1) is 5.92 Å². The third-order valence-corrected chi connectivity index (χ3v) is 3.59. The maximum Gasteiger partial charge on any atom is 0.124 e. The molecule has 0 aromatic rings. The van der Waals surface area contributed by atoms with Crippen molar-refractivity contribution in [2.75, 3.05) is 27.2 Å². The smallest absolute Gasteiger partial charge is 0.124 e. The molecular formula is C19H37N3Y. The molecule has 0 aliphatic carbocycles. The number of hydrogen-bond donors (Lipinski definition) is 1. The van der Waals surface area contributed by atoms with E-state index in [9.17, 15) is 0 Å². The molecule has 4 heteroatoms. The van der Waals surface area contributed by atoms with Crippen LogP contribution >= 0.6 is 0 Å². The summed E-state index contributed by atoms with van der Waals surface area (Å²) in [6, 6.07) is 0.380. The number of nitrogens with zero attached hydrogens (tertiary/aromatic N) is 2. The molecule has 131 valence electrons. The van der Waals surface area contributed by atoms with Gasteiger partial charge in [-0.2, -0.15) is 0 Å². The molecule has 1 radical (unpaired) electrons. The number of nitrogens with one attached hydrogen (secondary N) is 1. The van der Waals surface area contributed by atoms with E-state index < -0.39 is 0 Å². The summed E-state index contributed by atoms with van der Waals surface area (Å²) in [5, 5.41) is 3.54. The molecule has 23 heavy (non-hydrogen) atoms. The van der Waals surface area contributed by atoms with E-state index in [-0.39, 0.29) is 32.7 Å². The molecule has 2 rings (SSSR count). The van der Waals surface area contributed by atoms with Crippen LogP contribution in [0.25, 0.3) is 0 Å². The van der Waals surface area contributed by atoms with Crippen molar-refractivity contribution < 1.29 is 32.7 Å². The molecule has 0 saturated carbocycles. The van der Waals surface area contributed by atoms with Gasteiger partial charge in [0.25, 0.3) is 0 Å². The van der Waals surface area contributed by atoms with Crippen LogP contribution in [0.1, 0.15) is 54.4 Å². The zero-order valence-electron chi connectivity index (χ0n) is 16.6. The normalized spacial score (nSPS) is 27.3. The van der Waals surface area contributed by atoms with Gasteiger partial charge >= 0.3 is 0 Å². The Bertz CT molecular complexity index is 397. The fourth-order valence-electron chi connectivity index (χ4n) is 2.82. The van der Waals surface area contributed by atoms with Gasteiger partial charge < -0.3 is 10.2 Å². The fourth-order valence-corrected chi connectivity index (χ4v) is 2.82. The molecule has 3 nitrogen and oxygen atoms in total. The van der Waals surface area contributed by atoms with E-state index in [1.165, 1.54) is 17.6 Å². The average Bonchev–Trinajstić information content (AvgIpc) is 2.48. The molecule has 0 aromatic heterocycles. The standard InChI is InChI=1S/C15H25N3.2C2H6.Y/c1-11-5-6-14-13(10-18(3)4)7-8-16-15(14)17-12(2)9-11;2*1-2;/h6,9,12-13H,5,7-8,10H2,1-4H3,(H,16,17);2*1-2H3;/b11-9+,14-6-;;;. The maximum absolute atomic E-state index is 4.68. The Hall–Kier alpha value is 0.0139. The molecule has 0 saturated heterocycles. The summed E-state index contributed by atoms with van der Waals surface area (Å²) >= 11 is 0. The van der Waals surface area contributed by atoms with Crippen molar-refractivity contribution in [3.8, 4) is 0 Å². The second-order valence-electron chi connectivity index (χ2n) is 5.79. The van der Waals surface area contributed by atoms with Gasteiger partial charge in [-0.1, -0.05) is 45.4 Å². The number of rotatable bonds is 2. The van der Waals surface area contributed by atoms with Crippen LogP contribution in [0.4, 0.5) is 0 Å². The first-order valence-corrected chi connectivity index (χ1v) is 8.89. The number of aliphatic imine (C=N–C) groups is 1. The Labute approximate surface area is 170 Å². The summed E-state index contributed by atoms with van der Waals surface area (Å²) in [5.41, 5.74) is 2.87. The largest absolute Gasteiger partial charge is 0.364 e. The first-order valence-electron chi connectivity index (χ1n) is 8.89. The second-order valence-corrected chi connectivity index (χ2v) is 5.79. The summed E-state index contributed by atoms with van der Waals surface area (Å²) < 4.78 is 0. The van der Waals surface area contributed by atoms with Crippen LogP contribution in [0.15, 0.2) is 28.3 Å². The van der Waals surface area contributed by atoms with Crippen LogP contribution in [0.2, 0.25) is 0 Å². The average molecular weight is 396 g/mol. The van der Waals surface area contributed by atoms with Crippen molar-refractivity contribution in [2.24, 2.45) is 10.9 Å². The number of amidine groups is 1. The molecule has 0 amide bonds. The molecule has 2 unspecified atom stereocenters. The molecule has 1 N–H and O–H groups in total. The SMILES string of the molecule is C/C1=C\C(C)NC2=NCCC(CN(C)C)/C2=C/C1.CC.CC.[Y]. The van der Waals surface area contributed by atoms with Gasteiger partial charge in [0.2, 0.25) is 0 Å². The molecule has 2 atom stereocenters. The topological polar surface area (TPSA) is 27.6 Å². The number of allylic oxidation sites excluding steroid dienone is 2. The van der Waals surface area contributed by atoms with Gasteiger partial charge in [-0.05, 0) is 46.4 Å². The van der Waals surface area contributed by atoms with E-state index in [0.29, 0.717) is 12.0 Å². The van der Waals surface area contributed by atoms with E-state index in [1.54, 1.807) is 0 Å². The summed E-state index contributed by atoms with van der Waals surface area (Å²) in [4.78, 5) is 6.95. The molecule has 2 aliphatic heterocycles. The Morgan fingerprint density at radius 3 is 2.39 bits per heavy atom. The molecule has 0 fully saturated rings. The predicted octanol–water partition coefficient (Wildman–Crippen LogP) is 4.27. The van der Waals surface area contributed by atoms with Gasteiger partial charge in [0.05, 0.1) is 0 Å². The van der Waals surface area contributed by atoms with E-state index in [0.717, 1.165) is 25.3 Å². The third kappa shape index (κ3) is 9.17. The van der Waals surface area contributed by atoms with Gasteiger partial charge in [0.15, 0.2) is 0 Å². The summed E-state index contributed by atoms with van der Waals surface area (Å²) in [6.45, 7) is 14.5. The van der Waals surface area contributed by atoms with Crippen molar-refractivity contribution in [3.05, 3.63) is 23.3 Å². The van der Waals surface area contributed by atoms with Gasteiger partial charge in [0.1, 0.15) is 5.84 Å².